The molecule has 0 aliphatic rings. The largest absolute Gasteiger partial charge is 0.491 e. The highest BCUT2D eigenvalue weighted by Crippen LogP contribution is 2.12. The second-order valence-corrected chi connectivity index (χ2v) is 3.94. The van der Waals surface area contributed by atoms with Gasteiger partial charge in [-0.15, -0.1) is 0 Å². The van der Waals surface area contributed by atoms with E-state index in [1.807, 2.05) is 31.2 Å². The number of carbonyl (C=O) groups excluding carboxylic acids is 1. The van der Waals surface area contributed by atoms with Crippen LogP contribution in [0.3, 0.4) is 0 Å². The molecule has 0 heterocycles. The van der Waals surface area contributed by atoms with Gasteiger partial charge in [0, 0.05) is 13.0 Å². The number of aliphatic hydroxyl groups is 1. The van der Waals surface area contributed by atoms with Gasteiger partial charge < -0.3 is 15.2 Å². The topological polar surface area (TPSA) is 58.6 Å². The SMILES string of the molecule is CCC(=O)NCC(O)COc1cccc(C)c1. The fraction of sp³-hybridized carbons (Fsp3) is 0.462. The van der Waals surface area contributed by atoms with Gasteiger partial charge in [-0.2, -0.15) is 0 Å². The van der Waals surface area contributed by atoms with Crippen molar-refractivity contribution in [1.82, 2.24) is 5.32 Å². The maximum Gasteiger partial charge on any atom is 0.219 e. The molecule has 0 saturated heterocycles. The van der Waals surface area contributed by atoms with Crippen LogP contribution in [0.4, 0.5) is 0 Å². The van der Waals surface area contributed by atoms with E-state index in [2.05, 4.69) is 5.32 Å². The lowest BCUT2D eigenvalue weighted by Crippen LogP contribution is -2.34. The van der Waals surface area contributed by atoms with Crippen molar-refractivity contribution in [3.8, 4) is 5.75 Å². The van der Waals surface area contributed by atoms with Crippen LogP contribution in [0.1, 0.15) is 18.9 Å². The number of aryl methyl sites for hydroxylation is 1. The molecule has 17 heavy (non-hydrogen) atoms. The molecule has 4 nitrogen and oxygen atoms in total. The summed E-state index contributed by atoms with van der Waals surface area (Å²) in [6.45, 7) is 4.14. The maximum atomic E-state index is 11.0. The number of nitrogens with one attached hydrogen (secondary N) is 1. The molecule has 1 atom stereocenters. The zero-order valence-electron chi connectivity index (χ0n) is 10.3. The van der Waals surface area contributed by atoms with Gasteiger partial charge in [0.05, 0.1) is 0 Å². The molecular formula is C13H19NO3. The van der Waals surface area contributed by atoms with Crippen molar-refractivity contribution < 1.29 is 14.6 Å². The van der Waals surface area contributed by atoms with Crippen molar-refractivity contribution in [2.45, 2.75) is 26.4 Å². The van der Waals surface area contributed by atoms with E-state index >= 15 is 0 Å². The molecule has 94 valence electrons. The molecule has 1 rings (SSSR count). The summed E-state index contributed by atoms with van der Waals surface area (Å²) in [4.78, 5) is 11.0. The number of ether oxygens (including phenoxy) is 1. The summed E-state index contributed by atoms with van der Waals surface area (Å²) in [5.74, 6) is 0.658. The molecule has 0 aliphatic heterocycles. The Morgan fingerprint density at radius 3 is 2.94 bits per heavy atom. The van der Waals surface area contributed by atoms with E-state index in [1.165, 1.54) is 0 Å². The number of amides is 1. The van der Waals surface area contributed by atoms with Crippen LogP contribution >= 0.6 is 0 Å². The van der Waals surface area contributed by atoms with Crippen LogP contribution < -0.4 is 10.1 Å². The molecule has 0 aromatic heterocycles. The van der Waals surface area contributed by atoms with E-state index in [-0.39, 0.29) is 19.1 Å². The standard InChI is InChI=1S/C13H19NO3/c1-3-13(16)14-8-11(15)9-17-12-6-4-5-10(2)7-12/h4-7,11,15H,3,8-9H2,1-2H3,(H,14,16). The minimum absolute atomic E-state index is 0.0698. The van der Waals surface area contributed by atoms with Gasteiger partial charge in [0.25, 0.3) is 0 Å². The summed E-state index contributed by atoms with van der Waals surface area (Å²) in [5.41, 5.74) is 1.11. The first-order valence-electron chi connectivity index (χ1n) is 5.76. The van der Waals surface area contributed by atoms with Gasteiger partial charge in [0.15, 0.2) is 0 Å². The fourth-order valence-electron chi connectivity index (χ4n) is 1.31. The number of aliphatic hydroxyl groups excluding tert-OH is 1. The molecule has 1 aromatic rings. The Morgan fingerprint density at radius 2 is 2.29 bits per heavy atom. The minimum Gasteiger partial charge on any atom is -0.491 e. The minimum atomic E-state index is -0.689. The molecule has 1 unspecified atom stereocenters. The first-order chi connectivity index (χ1) is 8.11. The predicted molar refractivity (Wildman–Crippen MR) is 66.0 cm³/mol. The van der Waals surface area contributed by atoms with E-state index in [4.69, 9.17) is 4.74 Å². The number of rotatable bonds is 6. The highest BCUT2D eigenvalue weighted by atomic mass is 16.5. The Morgan fingerprint density at radius 1 is 1.53 bits per heavy atom. The molecule has 1 aromatic carbocycles. The number of hydrogen-bond acceptors (Lipinski definition) is 3. The Balaban J connectivity index is 2.28. The van der Waals surface area contributed by atoms with Gasteiger partial charge in [0.1, 0.15) is 18.5 Å². The molecule has 0 radical (unpaired) electrons. The zero-order chi connectivity index (χ0) is 12.7. The molecule has 2 N–H and O–H groups in total. The summed E-state index contributed by atoms with van der Waals surface area (Å²) in [7, 11) is 0. The second-order valence-electron chi connectivity index (χ2n) is 3.94. The molecular weight excluding hydrogens is 218 g/mol. The normalized spacial score (nSPS) is 11.9. The van der Waals surface area contributed by atoms with Crippen molar-refractivity contribution in [3.05, 3.63) is 29.8 Å². The molecule has 0 aliphatic carbocycles. The van der Waals surface area contributed by atoms with Crippen molar-refractivity contribution >= 4 is 5.91 Å². The summed E-state index contributed by atoms with van der Waals surface area (Å²) in [6, 6.07) is 7.61. The fourth-order valence-corrected chi connectivity index (χ4v) is 1.31. The molecule has 1 amide bonds. The van der Waals surface area contributed by atoms with Crippen LogP contribution in [0, 0.1) is 6.92 Å². The van der Waals surface area contributed by atoms with Gasteiger partial charge in [0.2, 0.25) is 5.91 Å². The van der Waals surface area contributed by atoms with E-state index in [0.717, 1.165) is 11.3 Å². The molecule has 4 heteroatoms. The summed E-state index contributed by atoms with van der Waals surface area (Å²) in [5, 5.41) is 12.2. The van der Waals surface area contributed by atoms with Crippen LogP contribution in [0.15, 0.2) is 24.3 Å². The maximum absolute atomic E-state index is 11.0. The van der Waals surface area contributed by atoms with E-state index < -0.39 is 6.10 Å². The van der Waals surface area contributed by atoms with Crippen LogP contribution in [0.2, 0.25) is 0 Å². The Labute approximate surface area is 102 Å². The zero-order valence-corrected chi connectivity index (χ0v) is 10.3. The quantitative estimate of drug-likeness (QED) is 0.783. The van der Waals surface area contributed by atoms with Crippen molar-refractivity contribution in [2.75, 3.05) is 13.2 Å². The van der Waals surface area contributed by atoms with Crippen LogP contribution in [0.5, 0.6) is 5.75 Å². The Hall–Kier alpha value is -1.55. The first kappa shape index (κ1) is 13.5. The molecule has 0 spiro atoms. The van der Waals surface area contributed by atoms with Gasteiger partial charge in [-0.25, -0.2) is 0 Å². The lowest BCUT2D eigenvalue weighted by molar-refractivity contribution is -0.121. The lowest BCUT2D eigenvalue weighted by atomic mass is 10.2. The average molecular weight is 237 g/mol. The van der Waals surface area contributed by atoms with Crippen LogP contribution in [0.25, 0.3) is 0 Å². The smallest absolute Gasteiger partial charge is 0.219 e. The van der Waals surface area contributed by atoms with Crippen LogP contribution in [-0.4, -0.2) is 30.3 Å². The average Bonchev–Trinajstić information content (AvgIpc) is 2.33. The monoisotopic (exact) mass is 237 g/mol. The summed E-state index contributed by atoms with van der Waals surface area (Å²) < 4.78 is 5.41. The van der Waals surface area contributed by atoms with E-state index in [9.17, 15) is 9.90 Å². The van der Waals surface area contributed by atoms with Gasteiger partial charge in [-0.1, -0.05) is 19.1 Å². The van der Waals surface area contributed by atoms with Crippen molar-refractivity contribution in [1.29, 1.82) is 0 Å². The first-order valence-corrected chi connectivity index (χ1v) is 5.76. The van der Waals surface area contributed by atoms with E-state index in [0.29, 0.717) is 6.42 Å². The number of hydrogen-bond donors (Lipinski definition) is 2. The third-order valence-corrected chi connectivity index (χ3v) is 2.29. The number of benzene rings is 1. The third-order valence-electron chi connectivity index (χ3n) is 2.29. The predicted octanol–water partition coefficient (Wildman–Crippen LogP) is 1.26. The second kappa shape index (κ2) is 6.91. The lowest BCUT2D eigenvalue weighted by Gasteiger charge is -2.13. The van der Waals surface area contributed by atoms with Crippen molar-refractivity contribution in [2.24, 2.45) is 0 Å². The number of carbonyl (C=O) groups is 1. The third kappa shape index (κ3) is 5.36. The highest BCUT2D eigenvalue weighted by Gasteiger charge is 2.06. The molecule has 0 saturated carbocycles. The van der Waals surface area contributed by atoms with Gasteiger partial charge in [-0.05, 0) is 24.6 Å². The van der Waals surface area contributed by atoms with Gasteiger partial charge in [-0.3, -0.25) is 4.79 Å². The highest BCUT2D eigenvalue weighted by molar-refractivity contribution is 5.75. The van der Waals surface area contributed by atoms with Crippen LogP contribution in [-0.2, 0) is 4.79 Å². The van der Waals surface area contributed by atoms with Gasteiger partial charge >= 0.3 is 0 Å². The Bertz CT molecular complexity index is 365. The van der Waals surface area contributed by atoms with E-state index in [1.54, 1.807) is 6.92 Å². The summed E-state index contributed by atoms with van der Waals surface area (Å²) >= 11 is 0. The molecule has 0 fully saturated rings. The Kier molecular flexibility index (Phi) is 5.49. The van der Waals surface area contributed by atoms with Crippen molar-refractivity contribution in [3.63, 3.8) is 0 Å². The summed E-state index contributed by atoms with van der Waals surface area (Å²) in [6.07, 6.45) is -0.267. The molecule has 0 bridgehead atoms.